The van der Waals surface area contributed by atoms with Crippen LogP contribution in [0.15, 0.2) is 42.5 Å². The molecule has 0 radical (unpaired) electrons. The number of aromatic nitrogens is 3. The fourth-order valence-electron chi connectivity index (χ4n) is 3.13. The van der Waals surface area contributed by atoms with Crippen molar-refractivity contribution in [2.75, 3.05) is 26.0 Å². The number of amides is 1. The van der Waals surface area contributed by atoms with E-state index >= 15 is 0 Å². The molecule has 0 saturated heterocycles. The van der Waals surface area contributed by atoms with Gasteiger partial charge in [-0.2, -0.15) is 0 Å². The molecule has 29 heavy (non-hydrogen) atoms. The normalized spacial score (nSPS) is 11.3. The van der Waals surface area contributed by atoms with E-state index in [0.717, 1.165) is 0 Å². The van der Waals surface area contributed by atoms with Crippen molar-refractivity contribution in [1.29, 1.82) is 0 Å². The summed E-state index contributed by atoms with van der Waals surface area (Å²) in [4.78, 5) is 22.2. The quantitative estimate of drug-likeness (QED) is 0.469. The molecule has 0 fully saturated rings. The number of rotatable bonds is 5. The van der Waals surface area contributed by atoms with Crippen LogP contribution in [0.3, 0.4) is 0 Å². The number of benzene rings is 2. The Balaban J connectivity index is 1.98. The van der Waals surface area contributed by atoms with E-state index < -0.39 is 0 Å². The van der Waals surface area contributed by atoms with Gasteiger partial charge in [-0.25, -0.2) is 9.97 Å². The van der Waals surface area contributed by atoms with Crippen LogP contribution in [-0.4, -0.2) is 40.7 Å². The number of halogens is 2. The van der Waals surface area contributed by atoms with Crippen LogP contribution in [0.25, 0.3) is 27.9 Å². The van der Waals surface area contributed by atoms with Crippen LogP contribution < -0.4 is 11.1 Å². The van der Waals surface area contributed by atoms with E-state index in [-0.39, 0.29) is 17.3 Å². The number of anilines is 1. The summed E-state index contributed by atoms with van der Waals surface area (Å²) < 4.78 is 6.65. The molecule has 2 aromatic carbocycles. The van der Waals surface area contributed by atoms with Crippen molar-refractivity contribution < 1.29 is 9.53 Å². The number of carbonyl (C=O) groups is 1. The smallest absolute Gasteiger partial charge is 0.257 e. The molecule has 0 aliphatic carbocycles. The lowest BCUT2D eigenvalue weighted by molar-refractivity contribution is 0.0939. The lowest BCUT2D eigenvalue weighted by Gasteiger charge is -2.09. The number of carbonyl (C=O) groups excluding carboxylic acids is 1. The first-order valence-corrected chi connectivity index (χ1v) is 9.56. The molecule has 2 aromatic heterocycles. The molecule has 0 aliphatic rings. The van der Waals surface area contributed by atoms with Crippen LogP contribution in [0.4, 0.5) is 5.82 Å². The molecule has 4 aromatic rings. The monoisotopic (exact) mass is 429 g/mol. The van der Waals surface area contributed by atoms with Gasteiger partial charge in [0, 0.05) is 13.7 Å². The number of hydrogen-bond acceptors (Lipinski definition) is 5. The molecule has 0 saturated carbocycles. The molecule has 0 aliphatic heterocycles. The molecule has 3 N–H and O–H groups in total. The zero-order valence-electron chi connectivity index (χ0n) is 15.4. The van der Waals surface area contributed by atoms with Crippen molar-refractivity contribution in [3.05, 3.63) is 58.1 Å². The topological polar surface area (TPSA) is 95.1 Å². The van der Waals surface area contributed by atoms with Crippen LogP contribution in [0, 0.1) is 0 Å². The molecule has 0 unspecified atom stereocenters. The predicted molar refractivity (Wildman–Crippen MR) is 115 cm³/mol. The first kappa shape index (κ1) is 19.4. The minimum Gasteiger partial charge on any atom is -0.384 e. The highest BCUT2D eigenvalue weighted by Crippen LogP contribution is 2.33. The Labute approximate surface area is 176 Å². The number of nitrogens with two attached hydrogens (primary N) is 1. The maximum Gasteiger partial charge on any atom is 0.257 e. The van der Waals surface area contributed by atoms with Gasteiger partial charge in [-0.05, 0) is 30.3 Å². The molecule has 4 rings (SSSR count). The minimum absolute atomic E-state index is 0.212. The summed E-state index contributed by atoms with van der Waals surface area (Å²) in [6.45, 7) is 0.723. The third kappa shape index (κ3) is 3.48. The van der Waals surface area contributed by atoms with Gasteiger partial charge in [-0.3, -0.25) is 9.36 Å². The van der Waals surface area contributed by atoms with Crippen molar-refractivity contribution in [2.45, 2.75) is 0 Å². The second-order valence-electron chi connectivity index (χ2n) is 6.33. The molecule has 0 atom stereocenters. The average molecular weight is 430 g/mol. The highest BCUT2D eigenvalue weighted by atomic mass is 35.5. The Morgan fingerprint density at radius 2 is 1.86 bits per heavy atom. The SMILES string of the molecule is COCCNC(=O)c1c(N)n(-c2ccc(Cl)c(Cl)c2)c2nc3ccccc3nc12. The van der Waals surface area contributed by atoms with Crippen molar-refractivity contribution in [3.63, 3.8) is 0 Å². The molecule has 9 heteroatoms. The number of methoxy groups -OCH3 is 1. The van der Waals surface area contributed by atoms with Gasteiger partial charge in [0.05, 0.1) is 33.4 Å². The molecule has 7 nitrogen and oxygen atoms in total. The van der Waals surface area contributed by atoms with Crippen molar-refractivity contribution >= 4 is 57.1 Å². The van der Waals surface area contributed by atoms with Crippen LogP contribution in [-0.2, 0) is 4.74 Å². The van der Waals surface area contributed by atoms with Gasteiger partial charge in [-0.1, -0.05) is 35.3 Å². The number of para-hydroxylation sites is 2. The Morgan fingerprint density at radius 3 is 2.55 bits per heavy atom. The average Bonchev–Trinajstić information content (AvgIpc) is 2.99. The fraction of sp³-hybridized carbons (Fsp3) is 0.150. The summed E-state index contributed by atoms with van der Waals surface area (Å²) in [6, 6.07) is 12.5. The standard InChI is InChI=1S/C20H17Cl2N5O2/c1-29-9-8-24-20(28)16-17-19(26-15-5-3-2-4-14(15)25-17)27(18(16)23)11-6-7-12(21)13(22)10-11/h2-7,10H,8-9,23H2,1H3,(H,24,28). The van der Waals surface area contributed by atoms with E-state index in [1.807, 2.05) is 24.3 Å². The van der Waals surface area contributed by atoms with Gasteiger partial charge in [0.2, 0.25) is 0 Å². The number of nitrogen functional groups attached to an aromatic ring is 1. The fourth-order valence-corrected chi connectivity index (χ4v) is 3.42. The third-order valence-electron chi connectivity index (χ3n) is 4.48. The Kier molecular flexibility index (Phi) is 5.27. The van der Waals surface area contributed by atoms with Crippen molar-refractivity contribution in [2.24, 2.45) is 0 Å². The van der Waals surface area contributed by atoms with Gasteiger partial charge < -0.3 is 15.8 Å². The van der Waals surface area contributed by atoms with E-state index in [4.69, 9.17) is 38.7 Å². The van der Waals surface area contributed by atoms with E-state index in [2.05, 4.69) is 10.3 Å². The van der Waals surface area contributed by atoms with Gasteiger partial charge >= 0.3 is 0 Å². The summed E-state index contributed by atoms with van der Waals surface area (Å²) in [5.74, 6) is -0.142. The van der Waals surface area contributed by atoms with Gasteiger partial charge in [0.1, 0.15) is 16.9 Å². The number of ether oxygens (including phenoxy) is 1. The second-order valence-corrected chi connectivity index (χ2v) is 7.14. The maximum absolute atomic E-state index is 12.9. The molecule has 2 heterocycles. The van der Waals surface area contributed by atoms with Crippen LogP contribution in [0.5, 0.6) is 0 Å². The zero-order valence-corrected chi connectivity index (χ0v) is 17.0. The van der Waals surface area contributed by atoms with Gasteiger partial charge in [0.15, 0.2) is 5.65 Å². The second kappa shape index (κ2) is 7.87. The molecular formula is C20H17Cl2N5O2. The molecular weight excluding hydrogens is 413 g/mol. The van der Waals surface area contributed by atoms with Gasteiger partial charge in [-0.15, -0.1) is 0 Å². The van der Waals surface area contributed by atoms with Crippen LogP contribution in [0.2, 0.25) is 10.0 Å². The Morgan fingerprint density at radius 1 is 1.14 bits per heavy atom. The van der Waals surface area contributed by atoms with Gasteiger partial charge in [0.25, 0.3) is 5.91 Å². The molecule has 1 amide bonds. The highest BCUT2D eigenvalue weighted by molar-refractivity contribution is 6.42. The summed E-state index contributed by atoms with van der Waals surface area (Å²) in [6.07, 6.45) is 0. The Bertz CT molecular complexity index is 1240. The lowest BCUT2D eigenvalue weighted by Crippen LogP contribution is -2.27. The summed E-state index contributed by atoms with van der Waals surface area (Å²) >= 11 is 12.3. The molecule has 0 spiro atoms. The number of nitrogens with one attached hydrogen (secondary N) is 1. The summed E-state index contributed by atoms with van der Waals surface area (Å²) in [5, 5.41) is 3.58. The largest absolute Gasteiger partial charge is 0.384 e. The Hall–Kier alpha value is -2.87. The molecule has 148 valence electrons. The summed E-state index contributed by atoms with van der Waals surface area (Å²) in [7, 11) is 1.56. The van der Waals surface area contributed by atoms with Crippen molar-refractivity contribution in [1.82, 2.24) is 19.9 Å². The van der Waals surface area contributed by atoms with Crippen LogP contribution in [0.1, 0.15) is 10.4 Å². The number of fused-ring (bicyclic) bond motifs is 2. The number of hydrogen-bond donors (Lipinski definition) is 2. The predicted octanol–water partition coefficient (Wildman–Crippen LogP) is 3.84. The minimum atomic E-state index is -0.354. The third-order valence-corrected chi connectivity index (χ3v) is 5.22. The van der Waals surface area contributed by atoms with Crippen molar-refractivity contribution in [3.8, 4) is 5.69 Å². The van der Waals surface area contributed by atoms with E-state index in [0.29, 0.717) is 51.1 Å². The summed E-state index contributed by atoms with van der Waals surface area (Å²) in [5.41, 5.74) is 9.51. The first-order valence-electron chi connectivity index (χ1n) is 8.80. The highest BCUT2D eigenvalue weighted by Gasteiger charge is 2.24. The molecule has 0 bridgehead atoms. The van der Waals surface area contributed by atoms with E-state index in [9.17, 15) is 4.79 Å². The van der Waals surface area contributed by atoms with E-state index in [1.54, 1.807) is 29.9 Å². The zero-order chi connectivity index (χ0) is 20.5. The lowest BCUT2D eigenvalue weighted by atomic mass is 10.2. The number of nitrogens with zero attached hydrogens (tertiary/aromatic N) is 3. The first-order chi connectivity index (χ1) is 14.0. The van der Waals surface area contributed by atoms with Crippen LogP contribution >= 0.6 is 23.2 Å². The maximum atomic E-state index is 12.9. The van der Waals surface area contributed by atoms with E-state index in [1.165, 1.54) is 0 Å².